The van der Waals surface area contributed by atoms with E-state index in [1.54, 1.807) is 0 Å². The van der Waals surface area contributed by atoms with Crippen LogP contribution >= 0.6 is 27.5 Å². The molecule has 0 unspecified atom stereocenters. The first-order valence-electron chi connectivity index (χ1n) is 5.49. The van der Waals surface area contributed by atoms with Crippen LogP contribution in [-0.4, -0.2) is 5.91 Å². The second-order valence-corrected chi connectivity index (χ2v) is 5.30. The van der Waals surface area contributed by atoms with Gasteiger partial charge in [-0.25, -0.2) is 4.39 Å². The van der Waals surface area contributed by atoms with Gasteiger partial charge in [0.05, 0.1) is 22.0 Å². The largest absolute Gasteiger partial charge is 0.399 e. The van der Waals surface area contributed by atoms with Crippen LogP contribution in [0.25, 0.3) is 0 Å². The van der Waals surface area contributed by atoms with Gasteiger partial charge in [0.25, 0.3) is 5.91 Å². The van der Waals surface area contributed by atoms with Gasteiger partial charge in [0.1, 0.15) is 5.82 Å². The van der Waals surface area contributed by atoms with Crippen LogP contribution in [0.2, 0.25) is 5.02 Å². The summed E-state index contributed by atoms with van der Waals surface area (Å²) in [4.78, 5) is 11.5. The van der Waals surface area contributed by atoms with Gasteiger partial charge in [-0.15, -0.1) is 0 Å². The van der Waals surface area contributed by atoms with Gasteiger partial charge in [-0.2, -0.15) is 0 Å². The van der Waals surface area contributed by atoms with E-state index in [2.05, 4.69) is 21.2 Å². The van der Waals surface area contributed by atoms with E-state index < -0.39 is 11.7 Å². The molecule has 7 heteroatoms. The van der Waals surface area contributed by atoms with Crippen LogP contribution in [-0.2, 0) is 0 Å². The lowest BCUT2D eigenvalue weighted by Gasteiger charge is -2.14. The fourth-order valence-electron chi connectivity index (χ4n) is 1.68. The summed E-state index contributed by atoms with van der Waals surface area (Å²) in [6.45, 7) is 0. The van der Waals surface area contributed by atoms with Crippen LogP contribution in [0.4, 0.5) is 21.5 Å². The van der Waals surface area contributed by atoms with Crippen molar-refractivity contribution in [2.45, 2.75) is 0 Å². The van der Waals surface area contributed by atoms with Crippen molar-refractivity contribution in [3.8, 4) is 0 Å². The zero-order valence-corrected chi connectivity index (χ0v) is 12.4. The second kappa shape index (κ2) is 5.68. The number of primary amides is 1. The van der Waals surface area contributed by atoms with Crippen LogP contribution < -0.4 is 16.8 Å². The number of benzene rings is 2. The molecule has 0 fully saturated rings. The number of hydrogen-bond acceptors (Lipinski definition) is 3. The molecule has 0 atom stereocenters. The Kier molecular flexibility index (Phi) is 4.15. The summed E-state index contributed by atoms with van der Waals surface area (Å²) in [7, 11) is 0. The van der Waals surface area contributed by atoms with Crippen molar-refractivity contribution in [1.29, 1.82) is 0 Å². The lowest BCUT2D eigenvalue weighted by molar-refractivity contribution is 0.100. The first-order valence-corrected chi connectivity index (χ1v) is 6.66. The lowest BCUT2D eigenvalue weighted by Crippen LogP contribution is -2.14. The Labute approximate surface area is 128 Å². The summed E-state index contributed by atoms with van der Waals surface area (Å²) in [6, 6.07) is 6.98. The first kappa shape index (κ1) is 14.6. The molecule has 4 nitrogen and oxygen atoms in total. The highest BCUT2D eigenvalue weighted by atomic mass is 79.9. The first-order chi connectivity index (χ1) is 9.38. The number of hydrogen-bond donors (Lipinski definition) is 3. The molecule has 0 aliphatic rings. The number of carbonyl (C=O) groups is 1. The van der Waals surface area contributed by atoms with Gasteiger partial charge in [0, 0.05) is 10.2 Å². The standard InChI is InChI=1S/C13H10BrClFN3O/c14-9-2-1-6(16)3-11(9)19-12-8(13(18)20)4-7(17)5-10(12)15/h1-5,19H,17H2,(H2,18,20). The summed E-state index contributed by atoms with van der Waals surface area (Å²) < 4.78 is 13.9. The summed E-state index contributed by atoms with van der Waals surface area (Å²) >= 11 is 9.34. The van der Waals surface area contributed by atoms with Crippen molar-refractivity contribution in [2.75, 3.05) is 11.1 Å². The zero-order valence-electron chi connectivity index (χ0n) is 10.1. The molecule has 0 radical (unpaired) electrons. The highest BCUT2D eigenvalue weighted by Gasteiger charge is 2.15. The molecule has 0 aromatic heterocycles. The van der Waals surface area contributed by atoms with Crippen molar-refractivity contribution in [2.24, 2.45) is 5.73 Å². The Bertz CT molecular complexity index is 694. The summed E-state index contributed by atoms with van der Waals surface area (Å²) in [5, 5.41) is 3.10. The highest BCUT2D eigenvalue weighted by Crippen LogP contribution is 2.34. The van der Waals surface area contributed by atoms with Crippen molar-refractivity contribution in [1.82, 2.24) is 0 Å². The van der Waals surface area contributed by atoms with Gasteiger partial charge in [-0.3, -0.25) is 4.79 Å². The smallest absolute Gasteiger partial charge is 0.250 e. The van der Waals surface area contributed by atoms with Crippen LogP contribution in [0, 0.1) is 5.82 Å². The molecule has 0 saturated heterocycles. The van der Waals surface area contributed by atoms with Gasteiger partial charge in [0.2, 0.25) is 0 Å². The van der Waals surface area contributed by atoms with E-state index in [4.69, 9.17) is 23.1 Å². The number of amides is 1. The Morgan fingerprint density at radius 1 is 1.30 bits per heavy atom. The molecule has 5 N–H and O–H groups in total. The molecule has 0 saturated carbocycles. The number of anilines is 3. The van der Waals surface area contributed by atoms with Crippen molar-refractivity contribution < 1.29 is 9.18 Å². The average molecular weight is 359 g/mol. The third-order valence-electron chi connectivity index (χ3n) is 2.57. The molecular formula is C13H10BrClFN3O. The van der Waals surface area contributed by atoms with E-state index in [0.717, 1.165) is 0 Å². The highest BCUT2D eigenvalue weighted by molar-refractivity contribution is 9.10. The van der Waals surface area contributed by atoms with Crippen LogP contribution in [0.1, 0.15) is 10.4 Å². The predicted octanol–water partition coefficient (Wildman–Crippen LogP) is 3.67. The van der Waals surface area contributed by atoms with Gasteiger partial charge in [-0.05, 0) is 46.3 Å². The van der Waals surface area contributed by atoms with E-state index in [1.165, 1.54) is 30.3 Å². The minimum absolute atomic E-state index is 0.131. The molecule has 0 heterocycles. The number of nitrogen functional groups attached to an aromatic ring is 1. The maximum atomic E-state index is 13.3. The Hall–Kier alpha value is -1.79. The fourth-order valence-corrected chi connectivity index (χ4v) is 2.30. The monoisotopic (exact) mass is 357 g/mol. The number of carbonyl (C=O) groups excluding carboxylic acids is 1. The van der Waals surface area contributed by atoms with Crippen molar-refractivity contribution in [3.05, 3.63) is 51.2 Å². The van der Waals surface area contributed by atoms with E-state index in [-0.39, 0.29) is 16.3 Å². The Morgan fingerprint density at radius 2 is 2.00 bits per heavy atom. The lowest BCUT2D eigenvalue weighted by atomic mass is 10.1. The number of halogens is 3. The van der Waals surface area contributed by atoms with E-state index in [9.17, 15) is 9.18 Å². The summed E-state index contributed by atoms with van der Waals surface area (Å²) in [6.07, 6.45) is 0. The maximum Gasteiger partial charge on any atom is 0.250 e. The minimum atomic E-state index is -0.686. The molecule has 0 aliphatic heterocycles. The van der Waals surface area contributed by atoms with Crippen molar-refractivity contribution >= 4 is 50.5 Å². The quantitative estimate of drug-likeness (QED) is 0.732. The molecule has 104 valence electrons. The van der Waals surface area contributed by atoms with Crippen LogP contribution in [0.5, 0.6) is 0 Å². The average Bonchev–Trinajstić information content (AvgIpc) is 2.36. The molecule has 20 heavy (non-hydrogen) atoms. The predicted molar refractivity (Wildman–Crippen MR) is 81.8 cm³/mol. The second-order valence-electron chi connectivity index (χ2n) is 4.04. The molecule has 2 aromatic carbocycles. The minimum Gasteiger partial charge on any atom is -0.399 e. The van der Waals surface area contributed by atoms with E-state index in [0.29, 0.717) is 15.8 Å². The van der Waals surface area contributed by atoms with Crippen molar-refractivity contribution in [3.63, 3.8) is 0 Å². The summed E-state index contributed by atoms with van der Waals surface area (Å²) in [5.74, 6) is -1.11. The number of nitrogens with two attached hydrogens (primary N) is 2. The van der Waals surface area contributed by atoms with Crippen LogP contribution in [0.15, 0.2) is 34.8 Å². The fraction of sp³-hybridized carbons (Fsp3) is 0. The summed E-state index contributed by atoms with van der Waals surface area (Å²) in [5.41, 5.74) is 12.1. The van der Waals surface area contributed by atoms with Gasteiger partial charge < -0.3 is 16.8 Å². The molecular weight excluding hydrogens is 349 g/mol. The zero-order chi connectivity index (χ0) is 14.9. The van der Waals surface area contributed by atoms with Crippen LogP contribution in [0.3, 0.4) is 0 Å². The molecule has 2 rings (SSSR count). The molecule has 0 bridgehead atoms. The normalized spacial score (nSPS) is 10.3. The Balaban J connectivity index is 2.53. The topological polar surface area (TPSA) is 81.1 Å². The Morgan fingerprint density at radius 3 is 2.65 bits per heavy atom. The van der Waals surface area contributed by atoms with E-state index in [1.807, 2.05) is 0 Å². The maximum absolute atomic E-state index is 13.3. The number of rotatable bonds is 3. The third kappa shape index (κ3) is 3.02. The molecule has 0 aliphatic carbocycles. The van der Waals surface area contributed by atoms with Gasteiger partial charge in [0.15, 0.2) is 0 Å². The SMILES string of the molecule is NC(=O)c1cc(N)cc(Cl)c1Nc1cc(F)ccc1Br. The molecule has 0 spiro atoms. The van der Waals surface area contributed by atoms with Gasteiger partial charge >= 0.3 is 0 Å². The number of nitrogens with one attached hydrogen (secondary N) is 1. The van der Waals surface area contributed by atoms with Gasteiger partial charge in [-0.1, -0.05) is 11.6 Å². The van der Waals surface area contributed by atoms with E-state index >= 15 is 0 Å². The third-order valence-corrected chi connectivity index (χ3v) is 3.56. The molecule has 1 amide bonds. The molecule has 2 aromatic rings.